The van der Waals surface area contributed by atoms with Crippen LogP contribution in [0.4, 0.5) is 4.79 Å². The van der Waals surface area contributed by atoms with Gasteiger partial charge in [-0.2, -0.15) is 0 Å². The maximum Gasteiger partial charge on any atom is 0.410 e. The molecular formula is C21H31NO7. The monoisotopic (exact) mass is 409 g/mol. The normalized spacial score (nSPS) is 12.9. The smallest absolute Gasteiger partial charge is 0.410 e. The van der Waals surface area contributed by atoms with E-state index in [1.807, 2.05) is 13.0 Å². The van der Waals surface area contributed by atoms with Crippen molar-refractivity contribution in [3.8, 4) is 5.75 Å². The molecule has 0 saturated carbocycles. The lowest BCUT2D eigenvalue weighted by molar-refractivity contribution is -0.178. The molecule has 2 N–H and O–H groups in total. The lowest BCUT2D eigenvalue weighted by atomic mass is 10.1. The number of alkyl carbamates (subject to hydrolysis) is 1. The van der Waals surface area contributed by atoms with E-state index in [0.29, 0.717) is 5.75 Å². The number of amides is 1. The Morgan fingerprint density at radius 3 is 2.34 bits per heavy atom. The van der Waals surface area contributed by atoms with Gasteiger partial charge in [-0.25, -0.2) is 9.59 Å². The van der Waals surface area contributed by atoms with Gasteiger partial charge in [-0.3, -0.25) is 4.79 Å². The van der Waals surface area contributed by atoms with Crippen molar-refractivity contribution in [1.82, 2.24) is 5.32 Å². The Morgan fingerprint density at radius 1 is 1.10 bits per heavy atom. The molecule has 29 heavy (non-hydrogen) atoms. The summed E-state index contributed by atoms with van der Waals surface area (Å²) < 4.78 is 15.8. The Hall–Kier alpha value is -2.77. The Balaban J connectivity index is 2.66. The van der Waals surface area contributed by atoms with Crippen LogP contribution >= 0.6 is 0 Å². The van der Waals surface area contributed by atoms with Crippen molar-refractivity contribution < 1.29 is 33.7 Å². The minimum absolute atomic E-state index is 0.267. The van der Waals surface area contributed by atoms with Gasteiger partial charge in [0.1, 0.15) is 5.75 Å². The van der Waals surface area contributed by atoms with Crippen molar-refractivity contribution in [2.45, 2.75) is 59.9 Å². The lowest BCUT2D eigenvalue weighted by Gasteiger charge is -2.23. The van der Waals surface area contributed by atoms with Crippen molar-refractivity contribution in [3.63, 3.8) is 0 Å². The summed E-state index contributed by atoms with van der Waals surface area (Å²) in [5.74, 6) is -1.94. The molecule has 0 saturated heterocycles. The quantitative estimate of drug-likeness (QED) is 0.426. The van der Waals surface area contributed by atoms with Crippen LogP contribution in [0.15, 0.2) is 24.3 Å². The molecule has 0 bridgehead atoms. The molecule has 162 valence electrons. The standard InChI is InChI=1S/C21H31NO7/c1-6-8-15-9-7-10-16(11-15)27-17(18(23)24)12-22-21(26)29-20(14(4)5)28-19(25)13(2)3/h7,9-11,13-14,17,20H,6,8,12H2,1-5H3,(H,22,26)(H,23,24)/t17-,20+/m0/s1. The second-order valence-corrected chi connectivity index (χ2v) is 7.33. The number of aliphatic carboxylic acids is 1. The fourth-order valence-corrected chi connectivity index (χ4v) is 2.28. The zero-order valence-corrected chi connectivity index (χ0v) is 17.6. The molecule has 2 atom stereocenters. The van der Waals surface area contributed by atoms with E-state index in [0.717, 1.165) is 18.4 Å². The summed E-state index contributed by atoms with van der Waals surface area (Å²) in [7, 11) is 0. The molecule has 1 aromatic carbocycles. The average Bonchev–Trinajstić information content (AvgIpc) is 2.64. The summed E-state index contributed by atoms with van der Waals surface area (Å²) in [5, 5.41) is 11.7. The van der Waals surface area contributed by atoms with Gasteiger partial charge in [0.2, 0.25) is 6.10 Å². The predicted molar refractivity (Wildman–Crippen MR) is 107 cm³/mol. The fraction of sp³-hybridized carbons (Fsp3) is 0.571. The summed E-state index contributed by atoms with van der Waals surface area (Å²) in [4.78, 5) is 35.3. The van der Waals surface area contributed by atoms with Gasteiger partial charge in [-0.05, 0) is 24.1 Å². The van der Waals surface area contributed by atoms with Crippen molar-refractivity contribution in [3.05, 3.63) is 29.8 Å². The first kappa shape index (κ1) is 24.3. The molecule has 0 aliphatic rings. The van der Waals surface area contributed by atoms with E-state index in [1.165, 1.54) is 0 Å². The van der Waals surface area contributed by atoms with Crippen LogP contribution in [-0.2, 0) is 25.5 Å². The first-order valence-corrected chi connectivity index (χ1v) is 9.77. The predicted octanol–water partition coefficient (Wildman–Crippen LogP) is 3.38. The van der Waals surface area contributed by atoms with E-state index in [2.05, 4.69) is 5.32 Å². The van der Waals surface area contributed by atoms with E-state index in [9.17, 15) is 19.5 Å². The number of hydrogen-bond donors (Lipinski definition) is 2. The van der Waals surface area contributed by atoms with Gasteiger partial charge >= 0.3 is 18.0 Å². The van der Waals surface area contributed by atoms with E-state index >= 15 is 0 Å². The van der Waals surface area contributed by atoms with E-state index < -0.39 is 30.4 Å². The number of rotatable bonds is 11. The number of hydrogen-bond acceptors (Lipinski definition) is 6. The molecule has 0 aromatic heterocycles. The zero-order chi connectivity index (χ0) is 22.0. The maximum absolute atomic E-state index is 12.1. The minimum atomic E-state index is -1.30. The second-order valence-electron chi connectivity index (χ2n) is 7.33. The molecule has 8 heteroatoms. The van der Waals surface area contributed by atoms with Gasteiger partial charge < -0.3 is 24.6 Å². The Labute approximate surface area is 171 Å². The minimum Gasteiger partial charge on any atom is -0.478 e. The number of carboxylic acids is 1. The number of nitrogens with one attached hydrogen (secondary N) is 1. The molecule has 0 heterocycles. The van der Waals surface area contributed by atoms with Crippen molar-refractivity contribution in [1.29, 1.82) is 0 Å². The number of carbonyl (C=O) groups excluding carboxylic acids is 2. The summed E-state index contributed by atoms with van der Waals surface area (Å²) in [6, 6.07) is 7.16. The van der Waals surface area contributed by atoms with Gasteiger partial charge in [0, 0.05) is 5.92 Å². The van der Waals surface area contributed by atoms with Crippen LogP contribution in [0, 0.1) is 11.8 Å². The largest absolute Gasteiger partial charge is 0.478 e. The lowest BCUT2D eigenvalue weighted by Crippen LogP contribution is -2.42. The molecule has 1 amide bonds. The molecule has 0 radical (unpaired) electrons. The molecule has 0 unspecified atom stereocenters. The average molecular weight is 409 g/mol. The highest BCUT2D eigenvalue weighted by Crippen LogP contribution is 2.16. The Kier molecular flexibility index (Phi) is 9.99. The summed E-state index contributed by atoms with van der Waals surface area (Å²) in [6.45, 7) is 8.55. The third-order valence-corrected chi connectivity index (χ3v) is 3.89. The molecular weight excluding hydrogens is 378 g/mol. The summed E-state index contributed by atoms with van der Waals surface area (Å²) >= 11 is 0. The van der Waals surface area contributed by atoms with Crippen LogP contribution < -0.4 is 10.1 Å². The van der Waals surface area contributed by atoms with Crippen LogP contribution in [0.2, 0.25) is 0 Å². The highest BCUT2D eigenvalue weighted by molar-refractivity contribution is 5.75. The zero-order valence-electron chi connectivity index (χ0n) is 17.6. The van der Waals surface area contributed by atoms with Gasteiger partial charge in [0.25, 0.3) is 6.29 Å². The van der Waals surface area contributed by atoms with Crippen LogP contribution in [0.1, 0.15) is 46.6 Å². The molecule has 8 nitrogen and oxygen atoms in total. The van der Waals surface area contributed by atoms with Gasteiger partial charge in [0.15, 0.2) is 0 Å². The van der Waals surface area contributed by atoms with Crippen LogP contribution in [0.3, 0.4) is 0 Å². The highest BCUT2D eigenvalue weighted by atomic mass is 16.7. The third kappa shape index (κ3) is 8.85. The van der Waals surface area contributed by atoms with Crippen molar-refractivity contribution in [2.75, 3.05) is 6.54 Å². The first-order valence-electron chi connectivity index (χ1n) is 9.77. The number of benzene rings is 1. The van der Waals surface area contributed by atoms with Crippen LogP contribution in [0.5, 0.6) is 5.75 Å². The van der Waals surface area contributed by atoms with Crippen LogP contribution in [-0.4, -0.2) is 42.1 Å². The van der Waals surface area contributed by atoms with Gasteiger partial charge in [-0.1, -0.05) is 53.2 Å². The van der Waals surface area contributed by atoms with E-state index in [-0.39, 0.29) is 18.4 Å². The Bertz CT molecular complexity index is 687. The van der Waals surface area contributed by atoms with Crippen molar-refractivity contribution >= 4 is 18.0 Å². The van der Waals surface area contributed by atoms with E-state index in [4.69, 9.17) is 14.2 Å². The maximum atomic E-state index is 12.1. The number of aryl methyl sites for hydroxylation is 1. The molecule has 0 fully saturated rings. The summed E-state index contributed by atoms with van der Waals surface area (Å²) in [6.07, 6.45) is -1.45. The number of ether oxygens (including phenoxy) is 3. The molecule has 0 spiro atoms. The molecule has 1 rings (SSSR count). The molecule has 0 aliphatic heterocycles. The fourth-order valence-electron chi connectivity index (χ4n) is 2.28. The topological polar surface area (TPSA) is 111 Å². The third-order valence-electron chi connectivity index (χ3n) is 3.89. The molecule has 0 aliphatic carbocycles. The molecule has 1 aromatic rings. The van der Waals surface area contributed by atoms with Gasteiger partial charge in [-0.15, -0.1) is 0 Å². The Morgan fingerprint density at radius 2 is 1.79 bits per heavy atom. The first-order chi connectivity index (χ1) is 13.6. The number of carboxylic acid groups (broad SMARTS) is 1. The number of esters is 1. The SMILES string of the molecule is CCCc1cccc(O[C@@H](CNC(=O)O[C@@H](OC(=O)C(C)C)C(C)C)C(=O)O)c1. The van der Waals surface area contributed by atoms with Crippen molar-refractivity contribution in [2.24, 2.45) is 11.8 Å². The second kappa shape index (κ2) is 11.9. The van der Waals surface area contributed by atoms with Gasteiger partial charge in [0.05, 0.1) is 12.5 Å². The highest BCUT2D eigenvalue weighted by Gasteiger charge is 2.26. The van der Waals surface area contributed by atoms with Crippen LogP contribution in [0.25, 0.3) is 0 Å². The number of carbonyl (C=O) groups is 3. The van der Waals surface area contributed by atoms with E-state index in [1.54, 1.807) is 45.9 Å². The summed E-state index contributed by atoms with van der Waals surface area (Å²) in [5.41, 5.74) is 1.04.